The topological polar surface area (TPSA) is 74.7 Å². The molecule has 0 bridgehead atoms. The second kappa shape index (κ2) is 6.76. The van der Waals surface area contributed by atoms with Gasteiger partial charge in [-0.3, -0.25) is 5.32 Å². The Kier molecular flexibility index (Phi) is 5.63. The van der Waals surface area contributed by atoms with Crippen LogP contribution >= 0.6 is 11.8 Å². The lowest BCUT2D eigenvalue weighted by Gasteiger charge is -2.25. The summed E-state index contributed by atoms with van der Waals surface area (Å²) in [5, 5.41) is 20.8. The van der Waals surface area contributed by atoms with E-state index in [4.69, 9.17) is 4.42 Å². The van der Waals surface area contributed by atoms with Crippen molar-refractivity contribution in [2.45, 2.75) is 57.3 Å². The molecule has 18 heavy (non-hydrogen) atoms. The van der Waals surface area contributed by atoms with Crippen molar-refractivity contribution in [1.29, 1.82) is 5.26 Å². The molecule has 0 aliphatic rings. The second-order valence-corrected chi connectivity index (χ2v) is 5.83. The summed E-state index contributed by atoms with van der Waals surface area (Å²) in [4.78, 5) is 0. The second-order valence-electron chi connectivity index (χ2n) is 4.78. The van der Waals surface area contributed by atoms with E-state index in [0.717, 1.165) is 18.6 Å². The van der Waals surface area contributed by atoms with Crippen molar-refractivity contribution in [3.63, 3.8) is 0 Å². The number of nitrogens with zero attached hydrogens (tertiary/aromatic N) is 3. The van der Waals surface area contributed by atoms with Crippen LogP contribution < -0.4 is 5.32 Å². The third-order valence-electron chi connectivity index (χ3n) is 2.41. The van der Waals surface area contributed by atoms with Crippen LogP contribution in [0, 0.1) is 18.3 Å². The van der Waals surface area contributed by atoms with E-state index in [-0.39, 0.29) is 0 Å². The van der Waals surface area contributed by atoms with Gasteiger partial charge in [0.05, 0.1) is 6.07 Å². The highest BCUT2D eigenvalue weighted by atomic mass is 32.2. The largest absolute Gasteiger partial charge is 0.416 e. The lowest BCUT2D eigenvalue weighted by atomic mass is 9.97. The molecule has 1 unspecified atom stereocenters. The lowest BCUT2D eigenvalue weighted by Crippen LogP contribution is -2.44. The van der Waals surface area contributed by atoms with E-state index in [1.54, 1.807) is 6.92 Å². The van der Waals surface area contributed by atoms with Gasteiger partial charge >= 0.3 is 0 Å². The van der Waals surface area contributed by atoms with Crippen LogP contribution in [-0.4, -0.2) is 27.5 Å². The Morgan fingerprint density at radius 3 is 2.72 bits per heavy atom. The Labute approximate surface area is 112 Å². The molecule has 100 valence electrons. The van der Waals surface area contributed by atoms with Crippen molar-refractivity contribution in [3.8, 4) is 6.07 Å². The Morgan fingerprint density at radius 2 is 2.22 bits per heavy atom. The smallest absolute Gasteiger partial charge is 0.276 e. The van der Waals surface area contributed by atoms with Crippen LogP contribution in [0.1, 0.15) is 39.5 Å². The highest BCUT2D eigenvalue weighted by Gasteiger charge is 2.23. The van der Waals surface area contributed by atoms with Gasteiger partial charge in [0.1, 0.15) is 5.54 Å². The zero-order chi connectivity index (χ0) is 13.6. The van der Waals surface area contributed by atoms with E-state index < -0.39 is 5.54 Å². The zero-order valence-corrected chi connectivity index (χ0v) is 12.2. The number of thioether (sulfide) groups is 1. The van der Waals surface area contributed by atoms with Gasteiger partial charge in [-0.05, 0) is 33.6 Å². The fourth-order valence-corrected chi connectivity index (χ4v) is 2.46. The zero-order valence-electron chi connectivity index (χ0n) is 11.4. The van der Waals surface area contributed by atoms with Gasteiger partial charge in [0.15, 0.2) is 0 Å². The average Bonchev–Trinajstić information content (AvgIpc) is 2.70. The van der Waals surface area contributed by atoms with Gasteiger partial charge in [0.2, 0.25) is 5.89 Å². The summed E-state index contributed by atoms with van der Waals surface area (Å²) in [6.07, 6.45) is 1.73. The minimum atomic E-state index is -0.459. The molecule has 1 rings (SSSR count). The molecule has 0 fully saturated rings. The van der Waals surface area contributed by atoms with E-state index in [2.05, 4.69) is 21.6 Å². The van der Waals surface area contributed by atoms with E-state index in [1.807, 2.05) is 20.8 Å². The first-order valence-electron chi connectivity index (χ1n) is 6.07. The molecule has 0 saturated carbocycles. The summed E-state index contributed by atoms with van der Waals surface area (Å²) < 4.78 is 5.27. The quantitative estimate of drug-likeness (QED) is 0.605. The monoisotopic (exact) mass is 268 g/mol. The summed E-state index contributed by atoms with van der Waals surface area (Å²) in [7, 11) is 0. The molecular weight excluding hydrogens is 248 g/mol. The van der Waals surface area contributed by atoms with Gasteiger partial charge in [-0.1, -0.05) is 11.8 Å². The molecule has 0 spiro atoms. The number of nitrogens with one attached hydrogen (secondary N) is 1. The van der Waals surface area contributed by atoms with Crippen molar-refractivity contribution in [1.82, 2.24) is 15.5 Å². The Bertz CT molecular complexity index is 412. The Hall–Kier alpha value is -1.06. The van der Waals surface area contributed by atoms with Crippen LogP contribution in [0.3, 0.4) is 0 Å². The maximum Gasteiger partial charge on any atom is 0.276 e. The first-order valence-corrected chi connectivity index (χ1v) is 7.05. The SMILES string of the molecule is Cc1nnc(SCCCC(C)(C#N)NC(C)C)o1. The number of hydrogen-bond acceptors (Lipinski definition) is 6. The normalized spacial score (nSPS) is 14.4. The molecule has 1 aromatic rings. The van der Waals surface area contributed by atoms with Crippen molar-refractivity contribution in [3.05, 3.63) is 5.89 Å². The van der Waals surface area contributed by atoms with Gasteiger partial charge in [-0.2, -0.15) is 5.26 Å². The maximum atomic E-state index is 9.19. The molecule has 0 aliphatic heterocycles. The molecular formula is C12H20N4OS. The van der Waals surface area contributed by atoms with Crippen molar-refractivity contribution in [2.75, 3.05) is 5.75 Å². The van der Waals surface area contributed by atoms with Gasteiger partial charge in [0, 0.05) is 18.7 Å². The predicted molar refractivity (Wildman–Crippen MR) is 71.3 cm³/mol. The maximum absolute atomic E-state index is 9.19. The fraction of sp³-hybridized carbons (Fsp3) is 0.750. The molecule has 0 aromatic carbocycles. The molecule has 5 nitrogen and oxygen atoms in total. The highest BCUT2D eigenvalue weighted by Crippen LogP contribution is 2.20. The molecule has 0 aliphatic carbocycles. The standard InChI is InChI=1S/C12H20N4OS/c1-9(2)14-12(4,8-13)6-5-7-18-11-16-15-10(3)17-11/h9,14H,5-7H2,1-4H3. The first-order chi connectivity index (χ1) is 8.45. The Balaban J connectivity index is 2.30. The molecule has 0 amide bonds. The van der Waals surface area contributed by atoms with Crippen LogP contribution in [0.2, 0.25) is 0 Å². The molecule has 1 heterocycles. The highest BCUT2D eigenvalue weighted by molar-refractivity contribution is 7.99. The minimum Gasteiger partial charge on any atom is -0.416 e. The summed E-state index contributed by atoms with van der Waals surface area (Å²) in [6.45, 7) is 7.81. The molecule has 0 radical (unpaired) electrons. The Morgan fingerprint density at radius 1 is 1.50 bits per heavy atom. The summed E-state index contributed by atoms with van der Waals surface area (Å²) >= 11 is 1.53. The molecule has 1 aromatic heterocycles. The third-order valence-corrected chi connectivity index (χ3v) is 3.31. The molecule has 1 atom stereocenters. The fourth-order valence-electron chi connectivity index (χ4n) is 1.72. The minimum absolute atomic E-state index is 0.306. The van der Waals surface area contributed by atoms with Crippen LogP contribution in [-0.2, 0) is 0 Å². The van der Waals surface area contributed by atoms with Crippen LogP contribution in [0.25, 0.3) is 0 Å². The van der Waals surface area contributed by atoms with Crippen LogP contribution in [0.4, 0.5) is 0 Å². The van der Waals surface area contributed by atoms with Gasteiger partial charge < -0.3 is 4.42 Å². The lowest BCUT2D eigenvalue weighted by molar-refractivity contribution is 0.379. The van der Waals surface area contributed by atoms with Gasteiger partial charge in [-0.15, -0.1) is 10.2 Å². The van der Waals surface area contributed by atoms with E-state index in [9.17, 15) is 5.26 Å². The third kappa shape index (κ3) is 5.07. The van der Waals surface area contributed by atoms with Crippen molar-refractivity contribution in [2.24, 2.45) is 0 Å². The first kappa shape index (κ1) is 15.0. The summed E-state index contributed by atoms with van der Waals surface area (Å²) in [5.41, 5.74) is -0.459. The number of aryl methyl sites for hydroxylation is 1. The number of nitriles is 1. The van der Waals surface area contributed by atoms with Gasteiger partial charge in [0.25, 0.3) is 5.22 Å². The molecule has 1 N–H and O–H groups in total. The average molecular weight is 268 g/mol. The van der Waals surface area contributed by atoms with E-state index >= 15 is 0 Å². The number of hydrogen-bond donors (Lipinski definition) is 1. The molecule has 0 saturated heterocycles. The van der Waals surface area contributed by atoms with Crippen molar-refractivity contribution >= 4 is 11.8 Å². The van der Waals surface area contributed by atoms with Crippen LogP contribution in [0.5, 0.6) is 0 Å². The number of aromatic nitrogens is 2. The van der Waals surface area contributed by atoms with Crippen LogP contribution in [0.15, 0.2) is 9.64 Å². The van der Waals surface area contributed by atoms with Gasteiger partial charge in [-0.25, -0.2) is 0 Å². The van der Waals surface area contributed by atoms with Crippen molar-refractivity contribution < 1.29 is 4.42 Å². The van der Waals surface area contributed by atoms with E-state index in [0.29, 0.717) is 17.2 Å². The molecule has 6 heteroatoms. The predicted octanol–water partition coefficient (Wildman–Crippen LogP) is 2.53. The summed E-state index contributed by atoms with van der Waals surface area (Å²) in [6, 6.07) is 2.65. The number of rotatable bonds is 7. The summed E-state index contributed by atoms with van der Waals surface area (Å²) in [5.74, 6) is 1.46. The van der Waals surface area contributed by atoms with E-state index in [1.165, 1.54) is 11.8 Å².